The van der Waals surface area contributed by atoms with Crippen LogP contribution in [-0.2, 0) is 14.3 Å². The van der Waals surface area contributed by atoms with Crippen LogP contribution in [0.2, 0.25) is 0 Å². The van der Waals surface area contributed by atoms with Crippen LogP contribution >= 0.6 is 0 Å². The van der Waals surface area contributed by atoms with Crippen molar-refractivity contribution in [1.82, 2.24) is 0 Å². The summed E-state index contributed by atoms with van der Waals surface area (Å²) in [7, 11) is -3.57. The maximum Gasteiger partial charge on any atom is 0.296 e. The highest BCUT2D eigenvalue weighted by atomic mass is 32.2. The van der Waals surface area contributed by atoms with Crippen LogP contribution in [0.4, 0.5) is 0 Å². The molecule has 6 nitrogen and oxygen atoms in total. The zero-order valence-electron chi connectivity index (χ0n) is 18.1. The molecule has 0 bridgehead atoms. The molecule has 1 atom stereocenters. The lowest BCUT2D eigenvalue weighted by Crippen LogP contribution is -2.22. The lowest BCUT2D eigenvalue weighted by molar-refractivity contribution is 0.175. The van der Waals surface area contributed by atoms with Crippen molar-refractivity contribution < 1.29 is 17.7 Å². The summed E-state index contributed by atoms with van der Waals surface area (Å²) in [6, 6.07) is 8.33. The molecule has 0 spiro atoms. The van der Waals surface area contributed by atoms with Crippen molar-refractivity contribution in [1.29, 1.82) is 0 Å². The Morgan fingerprint density at radius 2 is 1.41 bits per heavy atom. The predicted molar refractivity (Wildman–Crippen MR) is 120 cm³/mol. The molecule has 0 saturated carbocycles. The highest BCUT2D eigenvalue weighted by molar-refractivity contribution is 7.86. The van der Waals surface area contributed by atoms with Crippen molar-refractivity contribution in [2.45, 2.75) is 88.6 Å². The van der Waals surface area contributed by atoms with Gasteiger partial charge in [-0.3, -0.25) is 4.18 Å². The second-order valence-electron chi connectivity index (χ2n) is 7.24. The van der Waals surface area contributed by atoms with Crippen LogP contribution < -0.4 is 11.5 Å². The normalized spacial score (nSPS) is 12.3. The van der Waals surface area contributed by atoms with Crippen LogP contribution in [0.1, 0.15) is 77.6 Å². The Bertz CT molecular complexity index is 567. The number of hydrogen-bond donors (Lipinski definition) is 3. The van der Waals surface area contributed by atoms with Crippen LogP contribution in [-0.4, -0.2) is 39.3 Å². The second-order valence-corrected chi connectivity index (χ2v) is 8.85. The van der Waals surface area contributed by atoms with Gasteiger partial charge in [0.1, 0.15) is 0 Å². The van der Waals surface area contributed by atoms with E-state index < -0.39 is 16.2 Å². The average Bonchev–Trinajstić information content (AvgIpc) is 2.73. The van der Waals surface area contributed by atoms with Gasteiger partial charge >= 0.3 is 0 Å². The molecule has 1 aromatic carbocycles. The third kappa shape index (κ3) is 16.5. The van der Waals surface area contributed by atoms with Gasteiger partial charge in [0.25, 0.3) is 10.1 Å². The fourth-order valence-electron chi connectivity index (χ4n) is 2.72. The van der Waals surface area contributed by atoms with Crippen molar-refractivity contribution in [3.63, 3.8) is 0 Å². The first-order valence-corrected chi connectivity index (χ1v) is 12.4. The van der Waals surface area contributed by atoms with E-state index in [1.54, 1.807) is 30.3 Å². The molecule has 0 aliphatic carbocycles. The first-order valence-electron chi connectivity index (χ1n) is 11.0. The van der Waals surface area contributed by atoms with E-state index in [0.29, 0.717) is 19.5 Å². The SMILES string of the molecule is CCCCCCCCCCCCOS(=O)(=O)c1ccccc1.NCCC(O)CN. The minimum Gasteiger partial charge on any atom is -0.392 e. The maximum atomic E-state index is 11.9. The topological polar surface area (TPSA) is 116 Å². The Hall–Kier alpha value is -0.990. The molecule has 29 heavy (non-hydrogen) atoms. The molecule has 0 aliphatic heterocycles. The molecule has 0 radical (unpaired) electrons. The van der Waals surface area contributed by atoms with Gasteiger partial charge in [0.15, 0.2) is 0 Å². The molecule has 170 valence electrons. The van der Waals surface area contributed by atoms with Crippen molar-refractivity contribution in [3.8, 4) is 0 Å². The van der Waals surface area contributed by atoms with Crippen LogP contribution in [0.25, 0.3) is 0 Å². The number of benzene rings is 1. The second kappa shape index (κ2) is 19.0. The van der Waals surface area contributed by atoms with Crippen LogP contribution in [0.3, 0.4) is 0 Å². The first kappa shape index (κ1) is 28.0. The molecule has 5 N–H and O–H groups in total. The number of hydrogen-bond acceptors (Lipinski definition) is 6. The Morgan fingerprint density at radius 3 is 1.86 bits per heavy atom. The summed E-state index contributed by atoms with van der Waals surface area (Å²) in [5.41, 5.74) is 10.1. The third-order valence-electron chi connectivity index (χ3n) is 4.54. The monoisotopic (exact) mass is 430 g/mol. The highest BCUT2D eigenvalue weighted by Gasteiger charge is 2.13. The smallest absolute Gasteiger partial charge is 0.296 e. The van der Waals surface area contributed by atoms with Gasteiger partial charge in [0.05, 0.1) is 17.6 Å². The van der Waals surface area contributed by atoms with Crippen LogP contribution in [0, 0.1) is 0 Å². The number of aliphatic hydroxyl groups excluding tert-OH is 1. The molecule has 0 fully saturated rings. The molecule has 0 heterocycles. The van der Waals surface area contributed by atoms with Gasteiger partial charge in [-0.05, 0) is 31.5 Å². The number of unbranched alkanes of at least 4 members (excludes halogenated alkanes) is 9. The summed E-state index contributed by atoms with van der Waals surface area (Å²) in [5.74, 6) is 0. The van der Waals surface area contributed by atoms with Crippen molar-refractivity contribution in [2.75, 3.05) is 19.7 Å². The number of nitrogens with two attached hydrogens (primary N) is 2. The summed E-state index contributed by atoms with van der Waals surface area (Å²) in [5, 5.41) is 8.65. The summed E-state index contributed by atoms with van der Waals surface area (Å²) < 4.78 is 28.8. The van der Waals surface area contributed by atoms with E-state index in [1.807, 2.05) is 0 Å². The standard InChI is InChI=1S/C18H30O3S.C4H12N2O/c1-2-3-4-5-6-7-8-9-10-14-17-21-22(19,20)18-15-12-11-13-16-18;5-2-1-4(7)3-6/h11-13,15-16H,2-10,14,17H2,1H3;4,7H,1-3,5-6H2. The van der Waals surface area contributed by atoms with Crippen molar-refractivity contribution >= 4 is 10.1 Å². The minimum atomic E-state index is -3.57. The molecule has 1 unspecified atom stereocenters. The van der Waals surface area contributed by atoms with Crippen LogP contribution in [0.15, 0.2) is 35.2 Å². The van der Waals surface area contributed by atoms with E-state index >= 15 is 0 Å². The fraction of sp³-hybridized carbons (Fsp3) is 0.727. The third-order valence-corrected chi connectivity index (χ3v) is 5.87. The van der Waals surface area contributed by atoms with Gasteiger partial charge in [-0.15, -0.1) is 0 Å². The lowest BCUT2D eigenvalue weighted by atomic mass is 10.1. The number of aliphatic hydroxyl groups is 1. The molecule has 7 heteroatoms. The zero-order valence-corrected chi connectivity index (χ0v) is 18.9. The molecular weight excluding hydrogens is 388 g/mol. The van der Waals surface area contributed by atoms with E-state index in [4.69, 9.17) is 20.8 Å². The highest BCUT2D eigenvalue weighted by Crippen LogP contribution is 2.13. The molecule has 1 rings (SSSR count). The summed E-state index contributed by atoms with van der Waals surface area (Å²) in [4.78, 5) is 0.238. The van der Waals surface area contributed by atoms with Gasteiger partial charge in [0.2, 0.25) is 0 Å². The molecule has 0 aliphatic rings. The largest absolute Gasteiger partial charge is 0.392 e. The Balaban J connectivity index is 0.000000956. The van der Waals surface area contributed by atoms with Gasteiger partial charge in [-0.25, -0.2) is 0 Å². The van der Waals surface area contributed by atoms with E-state index in [0.717, 1.165) is 12.8 Å². The summed E-state index contributed by atoms with van der Waals surface area (Å²) >= 11 is 0. The van der Waals surface area contributed by atoms with E-state index in [2.05, 4.69) is 6.92 Å². The summed E-state index contributed by atoms with van der Waals surface area (Å²) in [6.07, 6.45) is 12.5. The van der Waals surface area contributed by atoms with E-state index in [1.165, 1.54) is 51.4 Å². The van der Waals surface area contributed by atoms with Gasteiger partial charge < -0.3 is 16.6 Å². The van der Waals surface area contributed by atoms with Gasteiger partial charge in [0, 0.05) is 6.54 Å². The molecule has 0 saturated heterocycles. The van der Waals surface area contributed by atoms with E-state index in [-0.39, 0.29) is 11.5 Å². The Labute approximate surface area is 178 Å². The maximum absolute atomic E-state index is 11.9. The van der Waals surface area contributed by atoms with Crippen molar-refractivity contribution in [2.24, 2.45) is 11.5 Å². The van der Waals surface area contributed by atoms with Crippen LogP contribution in [0.5, 0.6) is 0 Å². The average molecular weight is 431 g/mol. The quantitative estimate of drug-likeness (QED) is 0.270. The fourth-order valence-corrected chi connectivity index (χ4v) is 3.69. The first-order chi connectivity index (χ1) is 14.0. The van der Waals surface area contributed by atoms with Gasteiger partial charge in [-0.1, -0.05) is 82.9 Å². The number of rotatable bonds is 16. The molecule has 0 amide bonds. The molecule has 0 aromatic heterocycles. The van der Waals surface area contributed by atoms with E-state index in [9.17, 15) is 8.42 Å². The summed E-state index contributed by atoms with van der Waals surface area (Å²) in [6.45, 7) is 3.35. The van der Waals surface area contributed by atoms with Crippen molar-refractivity contribution in [3.05, 3.63) is 30.3 Å². The minimum absolute atomic E-state index is 0.238. The lowest BCUT2D eigenvalue weighted by Gasteiger charge is -2.05. The Morgan fingerprint density at radius 1 is 0.897 bits per heavy atom. The van der Waals surface area contributed by atoms with Gasteiger partial charge in [-0.2, -0.15) is 8.42 Å². The molecule has 1 aromatic rings. The zero-order chi connectivity index (χ0) is 21.8. The molecular formula is C22H42N2O4S. The predicted octanol–water partition coefficient (Wildman–Crippen LogP) is 3.97. The Kier molecular flexibility index (Phi) is 18.4.